The molecule has 10 aromatic carbocycles. The van der Waals surface area contributed by atoms with Gasteiger partial charge in [0.25, 0.3) is 33.7 Å². The summed E-state index contributed by atoms with van der Waals surface area (Å²) < 4.78 is 106. The average molecular weight is 1950 g/mol. The van der Waals surface area contributed by atoms with Gasteiger partial charge in [0, 0.05) is 143 Å². The van der Waals surface area contributed by atoms with Crippen LogP contribution in [0, 0.1) is 19.8 Å². The molecule has 0 spiro atoms. The highest BCUT2D eigenvalue weighted by molar-refractivity contribution is 7.85. The summed E-state index contributed by atoms with van der Waals surface area (Å²) in [6, 6.07) is 59.3. The second kappa shape index (κ2) is 43.7. The van der Waals surface area contributed by atoms with Crippen LogP contribution in [-0.2, 0) is 110 Å². The number of aryl methyl sites for hydroxylation is 4. The molecule has 0 saturated carbocycles. The highest BCUT2D eigenvalue weighted by Gasteiger charge is 2.46. The van der Waals surface area contributed by atoms with Crippen molar-refractivity contribution in [2.45, 2.75) is 159 Å². The third kappa shape index (κ3) is 23.2. The fourth-order valence-corrected chi connectivity index (χ4v) is 21.8. The van der Waals surface area contributed by atoms with Crippen LogP contribution in [0.1, 0.15) is 154 Å². The predicted molar refractivity (Wildman–Crippen MR) is 548 cm³/mol. The first kappa shape index (κ1) is 99.1. The van der Waals surface area contributed by atoms with Gasteiger partial charge in [0.1, 0.15) is 37.9 Å². The van der Waals surface area contributed by atoms with Gasteiger partial charge in [-0.2, -0.15) is 33.7 Å². The summed E-state index contributed by atoms with van der Waals surface area (Å²) >= 11 is 9.90. The Morgan fingerprint density at radius 3 is 1.22 bits per heavy atom. The fraction of sp³-hybridized carbons (Fsp3) is 0.409. The van der Waals surface area contributed by atoms with Crippen LogP contribution in [-0.4, -0.2) is 203 Å². The molecule has 8 aliphatic rings. The molecule has 0 saturated heterocycles. The molecule has 4 amide bonds. The number of methoxy groups -OCH3 is 4. The Bertz CT molecular complexity index is 6340. The van der Waals surface area contributed by atoms with E-state index in [9.17, 15) is 32.1 Å². The van der Waals surface area contributed by atoms with Crippen molar-refractivity contribution in [3.8, 4) is 34.5 Å². The van der Waals surface area contributed by atoms with Gasteiger partial charge in [0.15, 0.2) is 23.0 Å². The number of ether oxygens (including phenoxy) is 12. The number of thiol groups is 2. The zero-order valence-electron chi connectivity index (χ0n) is 80.8. The highest BCUT2D eigenvalue weighted by atomic mass is 32.2. The maximum absolute atomic E-state index is 14.5. The quantitative estimate of drug-likeness (QED) is 0.0183. The van der Waals surface area contributed by atoms with Gasteiger partial charge in [0.05, 0.1) is 103 Å². The van der Waals surface area contributed by atoms with Crippen molar-refractivity contribution in [3.05, 3.63) is 277 Å². The number of benzene rings is 10. The zero-order chi connectivity index (χ0) is 97.4. The summed E-state index contributed by atoms with van der Waals surface area (Å²) in [6.07, 6.45) is 8.26. The van der Waals surface area contributed by atoms with Gasteiger partial charge < -0.3 is 81.3 Å². The van der Waals surface area contributed by atoms with Gasteiger partial charge in [-0.3, -0.25) is 33.6 Å². The summed E-state index contributed by atoms with van der Waals surface area (Å²) in [5.41, 5.74) is 20.8. The number of para-hydroxylation sites is 4. The van der Waals surface area contributed by atoms with Crippen LogP contribution in [0.25, 0.3) is 0 Å². The minimum Gasteiger partial charge on any atom is -0.493 e. The lowest BCUT2D eigenvalue weighted by Gasteiger charge is -2.32. The molecule has 732 valence electrons. The van der Waals surface area contributed by atoms with Crippen molar-refractivity contribution in [1.82, 2.24) is 0 Å². The van der Waals surface area contributed by atoms with Gasteiger partial charge in [-0.1, -0.05) is 72.8 Å². The molecule has 10 aromatic rings. The smallest absolute Gasteiger partial charge is 0.265 e. The topological polar surface area (TPSA) is 265 Å². The minimum atomic E-state index is -4.39. The van der Waals surface area contributed by atoms with Crippen LogP contribution in [0.4, 0.5) is 39.8 Å². The second-order valence-electron chi connectivity index (χ2n) is 38.3. The summed E-state index contributed by atoms with van der Waals surface area (Å²) in [5.74, 6) is 1.71. The molecule has 26 nitrogen and oxygen atoms in total. The molecule has 1 N–H and O–H groups in total. The van der Waals surface area contributed by atoms with E-state index in [0.717, 1.165) is 140 Å². The average Bonchev–Trinajstić information content (AvgIpc) is 1.56. The Balaban J connectivity index is 0.000000193. The summed E-state index contributed by atoms with van der Waals surface area (Å²) in [4.78, 5) is 73.7. The van der Waals surface area contributed by atoms with Gasteiger partial charge in [-0.25, -0.2) is 0 Å². The van der Waals surface area contributed by atoms with E-state index in [2.05, 4.69) is 98.2 Å². The highest BCUT2D eigenvalue weighted by Crippen LogP contribution is 2.48. The number of nitrogens with zero attached hydrogens (tertiary/aromatic N) is 7. The van der Waals surface area contributed by atoms with Crippen molar-refractivity contribution in [1.29, 1.82) is 0 Å². The number of hydrogen-bond acceptors (Lipinski definition) is 23. The standard InChI is InChI=1S/C56H65N3O11S2.C54H60N4O8S/c1-36-22-46-39(14-15-44-27-40-10-6-8-12-48(40)58(44)54(46)60)29-51(36)69-32-37-23-38(25-45(24-37)57(35-56(2,3)71)16-17-67-20-21-68-19-18-65-4)33-70-53-30-42-26-43(34-72(62,63)64)50-28-41-11-7-9-13-49(41)59(50)55(61)47(42)31-52(53)66-5;1-35-22-44-38(14-15-41-26-39-10-6-8-12-47(39)57(41)52(44)59)28-49(35)65-32-36-23-37(25-42(24-36)56(34-54(2,3)67)16-17-63-20-21-64-19-18-61-4)33-66-51-30-46-45(29-50(51)62-5)53(60)58-43(31-55-46)27-40-11-7-9-13-48(40)58/h6-13,22-25,29-31,43-44,50,71H,14-21,26-28,32-35H2,1-5H3,(H,62,63,64);6-13,22-25,28-31,41,43,67H,14-21,26-27,32-34H2,1-5H3/t43?,44-,50+;41-,43+/m11/s1. The number of amides is 4. The molecule has 5 atom stereocenters. The molecule has 139 heavy (non-hydrogen) atoms. The van der Waals surface area contributed by atoms with E-state index >= 15 is 0 Å². The molecule has 0 aliphatic carbocycles. The van der Waals surface area contributed by atoms with Crippen molar-refractivity contribution in [3.63, 3.8) is 0 Å². The van der Waals surface area contributed by atoms with E-state index < -0.39 is 27.8 Å². The number of aliphatic imine (C=N–C) groups is 1. The Labute approximate surface area is 826 Å². The molecule has 8 heterocycles. The van der Waals surface area contributed by atoms with Gasteiger partial charge in [-0.05, 0) is 268 Å². The van der Waals surface area contributed by atoms with Crippen molar-refractivity contribution in [2.75, 3.05) is 156 Å². The first-order valence-corrected chi connectivity index (χ1v) is 50.4. The van der Waals surface area contributed by atoms with Crippen LogP contribution >= 0.6 is 25.3 Å². The molecule has 0 bridgehead atoms. The lowest BCUT2D eigenvalue weighted by Crippen LogP contribution is -2.43. The normalized spacial score (nSPS) is 17.5. The summed E-state index contributed by atoms with van der Waals surface area (Å²) in [7, 11) is 2.01. The van der Waals surface area contributed by atoms with Gasteiger partial charge >= 0.3 is 0 Å². The molecule has 1 unspecified atom stereocenters. The Morgan fingerprint density at radius 1 is 0.403 bits per heavy atom. The van der Waals surface area contributed by atoms with Crippen LogP contribution in [0.15, 0.2) is 187 Å². The number of carbonyl (C=O) groups excluding carboxylic acids is 4. The number of carbonyl (C=O) groups is 4. The Kier molecular flexibility index (Phi) is 31.2. The van der Waals surface area contributed by atoms with Crippen molar-refractivity contribution >= 4 is 105 Å². The minimum absolute atomic E-state index is 0.0287. The predicted octanol–water partition coefficient (Wildman–Crippen LogP) is 17.7. The molecule has 29 heteroatoms. The third-order valence-corrected chi connectivity index (χ3v) is 28.1. The SMILES string of the molecule is COCCOCCOCCN(CC(C)(C)S)c1cc(COc2cc3c(cc2C)C(=O)N2c4ccccc4C[C@H]2CC3)cc(COc2cc3c(cc2OC)C(=O)N2c4ccccc4C[C@H]2C(CS(=O)(=O)O)C3)c1.COCCOCCOCCN(CC(C)(C)S)c1cc(COc2cc3c(cc2C)C(=O)N2c4ccccc4C[C@H]2CC3)cc(COc2cc3c(cc2OC)C(=O)N2c4ccccc4C[C@H]2C=N3)c1. The monoisotopic (exact) mass is 1940 g/mol. The van der Waals surface area contributed by atoms with E-state index in [1.807, 2.05) is 132 Å². The maximum Gasteiger partial charge on any atom is 0.265 e. The van der Waals surface area contributed by atoms with Crippen LogP contribution in [0.3, 0.4) is 0 Å². The molecular formula is C110H125N7O19S3. The molecule has 18 rings (SSSR count). The van der Waals surface area contributed by atoms with E-state index in [4.69, 9.17) is 87.1 Å². The summed E-state index contributed by atoms with van der Waals surface area (Å²) in [5, 5.41) is 0. The first-order valence-electron chi connectivity index (χ1n) is 47.9. The lowest BCUT2D eigenvalue weighted by molar-refractivity contribution is 0.0264. The molecule has 8 aliphatic heterocycles. The lowest BCUT2D eigenvalue weighted by atomic mass is 9.91. The summed E-state index contributed by atoms with van der Waals surface area (Å²) in [6.45, 7) is 20.4. The Morgan fingerprint density at radius 2 is 0.777 bits per heavy atom. The van der Waals surface area contributed by atoms with Crippen LogP contribution < -0.4 is 57.8 Å². The zero-order valence-corrected chi connectivity index (χ0v) is 83.4. The van der Waals surface area contributed by atoms with Crippen LogP contribution in [0.5, 0.6) is 34.5 Å². The third-order valence-electron chi connectivity index (χ3n) is 26.9. The van der Waals surface area contributed by atoms with Crippen LogP contribution in [0.2, 0.25) is 0 Å². The maximum atomic E-state index is 14.5. The van der Waals surface area contributed by atoms with Gasteiger partial charge in [-0.15, -0.1) is 0 Å². The first-order chi connectivity index (χ1) is 67.0. The largest absolute Gasteiger partial charge is 0.493 e. The Hall–Kier alpha value is -11.5. The second-order valence-corrected chi connectivity index (χ2v) is 42.3. The fourth-order valence-electron chi connectivity index (χ4n) is 20.5. The molecule has 0 aromatic heterocycles. The number of anilines is 6. The van der Waals surface area contributed by atoms with Crippen molar-refractivity contribution < 1.29 is 89.0 Å². The van der Waals surface area contributed by atoms with Gasteiger partial charge in [0.2, 0.25) is 0 Å². The van der Waals surface area contributed by atoms with E-state index in [1.165, 1.54) is 18.2 Å². The molecule has 0 radical (unpaired) electrons. The van der Waals surface area contributed by atoms with E-state index in [-0.39, 0.29) is 84.1 Å². The van der Waals surface area contributed by atoms with Crippen molar-refractivity contribution in [2.24, 2.45) is 10.9 Å². The van der Waals surface area contributed by atoms with E-state index in [1.54, 1.807) is 50.5 Å². The van der Waals surface area contributed by atoms with E-state index in [0.29, 0.717) is 162 Å². The molecule has 0 fully saturated rings. The number of rotatable bonds is 40. The number of fused-ring (bicyclic) bond motifs is 16. The molecular weight excluding hydrogens is 1820 g/mol. The number of hydrogen-bond donors (Lipinski definition) is 3.